The van der Waals surface area contributed by atoms with E-state index in [0.717, 1.165) is 35.7 Å². The van der Waals surface area contributed by atoms with E-state index in [1.54, 1.807) is 56.6 Å². The quantitative estimate of drug-likeness (QED) is 0.595. The van der Waals surface area contributed by atoms with E-state index in [2.05, 4.69) is 9.88 Å². The van der Waals surface area contributed by atoms with Crippen LogP contribution in [-0.4, -0.2) is 50.5 Å². The predicted octanol–water partition coefficient (Wildman–Crippen LogP) is 3.25. The van der Waals surface area contributed by atoms with Crippen LogP contribution in [0.4, 0.5) is 0 Å². The molecule has 2 aliphatic heterocycles. The molecule has 2 aromatic carbocycles. The SMILES string of the molecule is CN(C)C(=O)COc1cc(S(=O)(=O)c2ccccc2)cc2c3c(n(C)c12)CC1CCC3N1.Cl. The van der Waals surface area contributed by atoms with Crippen LogP contribution in [0, 0.1) is 0 Å². The molecule has 0 saturated carbocycles. The third kappa shape index (κ3) is 3.90. The zero-order valence-corrected chi connectivity index (χ0v) is 20.5. The molecule has 7 nitrogen and oxygen atoms in total. The van der Waals surface area contributed by atoms with Crippen molar-refractivity contribution < 1.29 is 17.9 Å². The molecule has 0 spiro atoms. The number of halogens is 1. The van der Waals surface area contributed by atoms with E-state index >= 15 is 0 Å². The molecule has 2 atom stereocenters. The molecule has 2 aliphatic rings. The zero-order valence-electron chi connectivity index (χ0n) is 18.9. The molecule has 9 heteroatoms. The highest BCUT2D eigenvalue weighted by Gasteiger charge is 2.37. The second kappa shape index (κ2) is 8.66. The first kappa shape index (κ1) is 23.6. The van der Waals surface area contributed by atoms with Gasteiger partial charge in [-0.2, -0.15) is 0 Å². The summed E-state index contributed by atoms with van der Waals surface area (Å²) in [5.41, 5.74) is 3.21. The van der Waals surface area contributed by atoms with E-state index in [4.69, 9.17) is 4.74 Å². The number of hydrogen-bond donors (Lipinski definition) is 1. The van der Waals surface area contributed by atoms with Crippen LogP contribution < -0.4 is 10.1 Å². The Hall–Kier alpha value is -2.55. The normalized spacial score (nSPS) is 19.1. The number of aryl methyl sites for hydroxylation is 1. The maximum absolute atomic E-state index is 13.5. The van der Waals surface area contributed by atoms with E-state index in [1.165, 1.54) is 10.6 Å². The molecule has 3 heterocycles. The van der Waals surface area contributed by atoms with Crippen molar-refractivity contribution in [3.63, 3.8) is 0 Å². The molecule has 2 unspecified atom stereocenters. The highest BCUT2D eigenvalue weighted by Crippen LogP contribution is 2.45. The first-order valence-electron chi connectivity index (χ1n) is 10.8. The summed E-state index contributed by atoms with van der Waals surface area (Å²) in [6.45, 7) is -0.156. The number of benzene rings is 2. The number of carbonyl (C=O) groups is 1. The molecule has 1 amide bonds. The van der Waals surface area contributed by atoms with Gasteiger partial charge >= 0.3 is 0 Å². The number of likely N-dealkylation sites (N-methyl/N-ethyl adjacent to an activating group) is 1. The van der Waals surface area contributed by atoms with Crippen molar-refractivity contribution in [2.75, 3.05) is 20.7 Å². The molecule has 0 aliphatic carbocycles. The van der Waals surface area contributed by atoms with Gasteiger partial charge in [0.25, 0.3) is 5.91 Å². The molecule has 1 aromatic heterocycles. The summed E-state index contributed by atoms with van der Waals surface area (Å²) in [7, 11) is 1.59. The number of aromatic nitrogens is 1. The topological polar surface area (TPSA) is 80.6 Å². The Morgan fingerprint density at radius 2 is 1.88 bits per heavy atom. The van der Waals surface area contributed by atoms with Crippen molar-refractivity contribution in [2.45, 2.75) is 41.1 Å². The van der Waals surface area contributed by atoms with Crippen LogP contribution >= 0.6 is 12.4 Å². The summed E-state index contributed by atoms with van der Waals surface area (Å²) in [6, 6.07) is 12.4. The smallest absolute Gasteiger partial charge is 0.259 e. The molecule has 3 aromatic rings. The number of nitrogens with zero attached hydrogens (tertiary/aromatic N) is 2. The van der Waals surface area contributed by atoms with Crippen molar-refractivity contribution >= 4 is 39.1 Å². The standard InChI is InChI=1S/C24H27N3O4S.ClH/c1-26(2)22(28)14-31-21-13-17(32(29,30)16-7-5-4-6-8-16)12-18-23-19-10-9-15(25-19)11-20(23)27(3)24(18)21;/h4-8,12-13,15,19,25H,9-11,14H2,1-3H3;1H. The van der Waals surface area contributed by atoms with Gasteiger partial charge in [-0.05, 0) is 36.6 Å². The fourth-order valence-electron chi connectivity index (χ4n) is 4.95. The lowest BCUT2D eigenvalue weighted by Crippen LogP contribution is -2.32. The Kier molecular flexibility index (Phi) is 6.20. The molecule has 0 radical (unpaired) electrons. The van der Waals surface area contributed by atoms with Gasteiger partial charge in [-0.3, -0.25) is 4.79 Å². The molecule has 2 bridgehead atoms. The number of fused-ring (bicyclic) bond motifs is 6. The lowest BCUT2D eigenvalue weighted by atomic mass is 9.99. The predicted molar refractivity (Wildman–Crippen MR) is 129 cm³/mol. The van der Waals surface area contributed by atoms with Gasteiger partial charge in [0.1, 0.15) is 5.75 Å². The molecule has 1 fully saturated rings. The van der Waals surface area contributed by atoms with Gasteiger partial charge in [0.05, 0.1) is 15.3 Å². The summed E-state index contributed by atoms with van der Waals surface area (Å²) < 4.78 is 35.0. The second-order valence-electron chi connectivity index (χ2n) is 8.83. The number of amides is 1. The first-order chi connectivity index (χ1) is 15.3. The minimum Gasteiger partial charge on any atom is -0.482 e. The third-order valence-electron chi connectivity index (χ3n) is 6.63. The fourth-order valence-corrected chi connectivity index (χ4v) is 6.27. The van der Waals surface area contributed by atoms with Crippen LogP contribution in [0.2, 0.25) is 0 Å². The van der Waals surface area contributed by atoms with Crippen molar-refractivity contribution in [2.24, 2.45) is 7.05 Å². The Labute approximate surface area is 200 Å². The monoisotopic (exact) mass is 489 g/mol. The minimum atomic E-state index is -3.74. The van der Waals surface area contributed by atoms with E-state index in [-0.39, 0.29) is 40.8 Å². The van der Waals surface area contributed by atoms with Crippen molar-refractivity contribution in [3.05, 3.63) is 53.7 Å². The number of hydrogen-bond acceptors (Lipinski definition) is 5. The molecular weight excluding hydrogens is 462 g/mol. The number of carbonyl (C=O) groups excluding carboxylic acids is 1. The van der Waals surface area contributed by atoms with Gasteiger partial charge in [-0.25, -0.2) is 8.42 Å². The molecule has 5 rings (SSSR count). The van der Waals surface area contributed by atoms with Crippen LogP contribution in [0.5, 0.6) is 5.75 Å². The third-order valence-corrected chi connectivity index (χ3v) is 8.38. The summed E-state index contributed by atoms with van der Waals surface area (Å²) in [6.07, 6.45) is 3.04. The molecule has 1 N–H and O–H groups in total. The Balaban J connectivity index is 0.00000259. The maximum Gasteiger partial charge on any atom is 0.259 e. The highest BCUT2D eigenvalue weighted by molar-refractivity contribution is 7.91. The Morgan fingerprint density at radius 3 is 2.58 bits per heavy atom. The second-order valence-corrected chi connectivity index (χ2v) is 10.8. The lowest BCUT2D eigenvalue weighted by molar-refractivity contribution is -0.130. The average molecular weight is 490 g/mol. The Morgan fingerprint density at radius 1 is 1.15 bits per heavy atom. The van der Waals surface area contributed by atoms with Crippen LogP contribution in [0.3, 0.4) is 0 Å². The summed E-state index contributed by atoms with van der Waals surface area (Å²) >= 11 is 0. The van der Waals surface area contributed by atoms with Gasteiger partial charge in [0.15, 0.2) is 6.61 Å². The molecule has 176 valence electrons. The van der Waals surface area contributed by atoms with Gasteiger partial charge < -0.3 is 19.5 Å². The van der Waals surface area contributed by atoms with E-state index in [9.17, 15) is 13.2 Å². The van der Waals surface area contributed by atoms with Crippen LogP contribution in [-0.2, 0) is 28.1 Å². The number of rotatable bonds is 5. The van der Waals surface area contributed by atoms with Crippen molar-refractivity contribution in [1.82, 2.24) is 14.8 Å². The molecular formula is C24H28ClN3O4S. The minimum absolute atomic E-state index is 0. The number of nitrogens with one attached hydrogen (secondary N) is 1. The van der Waals surface area contributed by atoms with Gasteiger partial charge in [0.2, 0.25) is 9.84 Å². The zero-order chi connectivity index (χ0) is 22.6. The van der Waals surface area contributed by atoms with E-state index in [0.29, 0.717) is 11.8 Å². The van der Waals surface area contributed by atoms with E-state index in [1.807, 2.05) is 7.05 Å². The van der Waals surface area contributed by atoms with E-state index < -0.39 is 9.84 Å². The summed E-state index contributed by atoms with van der Waals surface area (Å²) in [4.78, 5) is 14.1. The molecule has 1 saturated heterocycles. The van der Waals surface area contributed by atoms with Gasteiger partial charge in [-0.1, -0.05) is 18.2 Å². The van der Waals surface area contributed by atoms with Crippen LogP contribution in [0.1, 0.15) is 30.1 Å². The number of ether oxygens (including phenoxy) is 1. The van der Waals surface area contributed by atoms with Crippen LogP contribution in [0.25, 0.3) is 10.9 Å². The average Bonchev–Trinajstić information content (AvgIpc) is 3.30. The van der Waals surface area contributed by atoms with Crippen LogP contribution in [0.15, 0.2) is 52.3 Å². The Bertz CT molecular complexity index is 1320. The van der Waals surface area contributed by atoms with Crippen molar-refractivity contribution in [3.8, 4) is 5.75 Å². The van der Waals surface area contributed by atoms with Crippen molar-refractivity contribution in [1.29, 1.82) is 0 Å². The van der Waals surface area contributed by atoms with Gasteiger partial charge in [-0.15, -0.1) is 12.4 Å². The lowest BCUT2D eigenvalue weighted by Gasteiger charge is -2.23. The van der Waals surface area contributed by atoms with Gasteiger partial charge in [0, 0.05) is 56.8 Å². The first-order valence-corrected chi connectivity index (χ1v) is 12.3. The number of sulfone groups is 1. The largest absolute Gasteiger partial charge is 0.482 e. The fraction of sp³-hybridized carbons (Fsp3) is 0.375. The molecule has 33 heavy (non-hydrogen) atoms. The summed E-state index contributed by atoms with van der Waals surface area (Å²) in [5, 5.41) is 4.54. The maximum atomic E-state index is 13.5. The highest BCUT2D eigenvalue weighted by atomic mass is 35.5. The summed E-state index contributed by atoms with van der Waals surface area (Å²) in [5.74, 6) is 0.231.